The predicted molar refractivity (Wildman–Crippen MR) is 170 cm³/mol. The fourth-order valence-corrected chi connectivity index (χ4v) is 6.40. The number of benzene rings is 4. The zero-order valence-corrected chi connectivity index (χ0v) is 24.0. The number of aromatic nitrogens is 5. The van der Waals surface area contributed by atoms with Crippen LogP contribution in [0.2, 0.25) is 10.0 Å². The highest BCUT2D eigenvalue weighted by Gasteiger charge is 2.36. The summed E-state index contributed by atoms with van der Waals surface area (Å²) in [4.78, 5) is 22.5. The maximum atomic E-state index is 14.2. The van der Waals surface area contributed by atoms with Gasteiger partial charge in [-0.05, 0) is 47.5 Å². The Balaban J connectivity index is 1.36. The summed E-state index contributed by atoms with van der Waals surface area (Å²) in [6.45, 7) is 0. The van der Waals surface area contributed by atoms with Gasteiger partial charge in [0, 0.05) is 38.1 Å². The smallest absolute Gasteiger partial charge is 0.273 e. The van der Waals surface area contributed by atoms with Gasteiger partial charge in [0.2, 0.25) is 0 Å². The van der Waals surface area contributed by atoms with Crippen molar-refractivity contribution in [3.05, 3.63) is 143 Å². The second-order valence-corrected chi connectivity index (χ2v) is 11.3. The summed E-state index contributed by atoms with van der Waals surface area (Å²) >= 11 is 13.0. The third kappa shape index (κ3) is 4.16. The third-order valence-corrected chi connectivity index (χ3v) is 8.31. The molecule has 0 bridgehead atoms. The van der Waals surface area contributed by atoms with E-state index >= 15 is 0 Å². The second-order valence-electron chi connectivity index (χ2n) is 10.4. The molecule has 0 fully saturated rings. The van der Waals surface area contributed by atoms with Crippen LogP contribution in [0.4, 0.5) is 5.82 Å². The van der Waals surface area contributed by atoms with Crippen LogP contribution in [-0.4, -0.2) is 30.2 Å². The first kappa shape index (κ1) is 25.6. The van der Waals surface area contributed by atoms with Gasteiger partial charge in [-0.2, -0.15) is 5.10 Å². The Bertz CT molecular complexity index is 2150. The first-order valence-electron chi connectivity index (χ1n) is 13.7. The molecule has 1 aliphatic rings. The van der Waals surface area contributed by atoms with Crippen LogP contribution in [0.5, 0.6) is 0 Å². The number of halogens is 2. The quantitative estimate of drug-likeness (QED) is 0.208. The van der Waals surface area contributed by atoms with Gasteiger partial charge < -0.3 is 14.9 Å². The van der Waals surface area contributed by atoms with Gasteiger partial charge in [0.15, 0.2) is 0 Å². The maximum absolute atomic E-state index is 14.2. The molecule has 7 aromatic rings. The highest BCUT2D eigenvalue weighted by Crippen LogP contribution is 2.49. The molecule has 4 aromatic carbocycles. The number of para-hydroxylation sites is 1. The number of carbonyl (C=O) groups is 1. The van der Waals surface area contributed by atoms with Crippen molar-refractivity contribution in [2.24, 2.45) is 0 Å². The molecule has 0 aliphatic carbocycles. The average Bonchev–Trinajstić information content (AvgIpc) is 3.76. The Labute approximate surface area is 256 Å². The molecule has 0 spiro atoms. The first-order valence-corrected chi connectivity index (χ1v) is 14.5. The zero-order valence-electron chi connectivity index (χ0n) is 22.5. The Kier molecular flexibility index (Phi) is 5.96. The van der Waals surface area contributed by atoms with E-state index in [-0.39, 0.29) is 11.9 Å². The van der Waals surface area contributed by atoms with Crippen LogP contribution in [-0.2, 0) is 0 Å². The molecule has 9 heteroatoms. The lowest BCUT2D eigenvalue weighted by Crippen LogP contribution is -2.20. The van der Waals surface area contributed by atoms with E-state index in [1.54, 1.807) is 16.9 Å². The molecule has 208 valence electrons. The molecule has 1 unspecified atom stereocenters. The van der Waals surface area contributed by atoms with Crippen LogP contribution < -0.4 is 5.32 Å². The Morgan fingerprint density at radius 1 is 0.860 bits per heavy atom. The Morgan fingerprint density at radius 3 is 2.37 bits per heavy atom. The normalized spacial score (nSPS) is 13.7. The van der Waals surface area contributed by atoms with Crippen molar-refractivity contribution in [2.45, 2.75) is 6.04 Å². The summed E-state index contributed by atoms with van der Waals surface area (Å²) in [6.07, 6.45) is 3.50. The molecule has 3 aromatic heterocycles. The minimum atomic E-state index is -0.303. The van der Waals surface area contributed by atoms with E-state index in [0.717, 1.165) is 50.2 Å². The van der Waals surface area contributed by atoms with Crippen molar-refractivity contribution in [3.8, 4) is 28.2 Å². The third-order valence-electron chi connectivity index (χ3n) is 7.84. The van der Waals surface area contributed by atoms with Gasteiger partial charge in [-0.1, -0.05) is 83.9 Å². The van der Waals surface area contributed by atoms with Gasteiger partial charge in [0.05, 0.1) is 35.6 Å². The van der Waals surface area contributed by atoms with E-state index < -0.39 is 0 Å². The number of H-pyrrole nitrogens is 1. The molecule has 0 radical (unpaired) electrons. The van der Waals surface area contributed by atoms with Crippen molar-refractivity contribution in [3.63, 3.8) is 0 Å². The molecular weight excluding hydrogens is 579 g/mol. The number of carbonyl (C=O) groups excluding carboxylic acids is 1. The van der Waals surface area contributed by atoms with Crippen LogP contribution in [0.1, 0.15) is 27.7 Å². The number of nitrogens with zero attached hydrogens (tertiary/aromatic N) is 4. The van der Waals surface area contributed by atoms with E-state index in [1.807, 2.05) is 103 Å². The molecule has 7 nitrogen and oxygen atoms in total. The Morgan fingerprint density at radius 2 is 1.60 bits per heavy atom. The second kappa shape index (κ2) is 10.0. The van der Waals surface area contributed by atoms with E-state index in [0.29, 0.717) is 21.6 Å². The van der Waals surface area contributed by atoms with Crippen LogP contribution in [0.3, 0.4) is 0 Å². The van der Waals surface area contributed by atoms with Gasteiger partial charge in [0.25, 0.3) is 5.91 Å². The van der Waals surface area contributed by atoms with E-state index in [4.69, 9.17) is 28.2 Å². The molecule has 0 saturated heterocycles. The zero-order chi connectivity index (χ0) is 29.1. The molecule has 0 saturated carbocycles. The number of aromatic amines is 1. The van der Waals surface area contributed by atoms with Crippen LogP contribution >= 0.6 is 23.2 Å². The molecule has 2 N–H and O–H groups in total. The SMILES string of the molecule is O=C(Nc1ccnn1-c1ccccc1)c1[nH]c2cc(Cl)cc3c2c1-c1c(-c2ccccc2)ncn1C3c1ccc(Cl)cc1. The number of amides is 1. The minimum Gasteiger partial charge on any atom is -0.350 e. The van der Waals surface area contributed by atoms with Crippen LogP contribution in [0, 0.1) is 0 Å². The lowest BCUT2D eigenvalue weighted by Gasteiger charge is -2.28. The van der Waals surface area contributed by atoms with Crippen molar-refractivity contribution >= 4 is 45.8 Å². The van der Waals surface area contributed by atoms with Gasteiger partial charge in [-0.25, -0.2) is 9.67 Å². The molecule has 1 amide bonds. The predicted octanol–water partition coefficient (Wildman–Crippen LogP) is 8.39. The van der Waals surface area contributed by atoms with E-state index in [1.165, 1.54) is 0 Å². The monoisotopic (exact) mass is 600 g/mol. The van der Waals surface area contributed by atoms with Crippen molar-refractivity contribution in [1.82, 2.24) is 24.3 Å². The topological polar surface area (TPSA) is 80.5 Å². The highest BCUT2D eigenvalue weighted by molar-refractivity contribution is 6.32. The number of anilines is 1. The Hall–Kier alpha value is -5.11. The molecule has 1 aliphatic heterocycles. The summed E-state index contributed by atoms with van der Waals surface area (Å²) in [7, 11) is 0. The number of nitrogens with one attached hydrogen (secondary N) is 2. The number of rotatable bonds is 5. The molecule has 8 rings (SSSR count). The number of hydrogen-bond donors (Lipinski definition) is 2. The van der Waals surface area contributed by atoms with Crippen molar-refractivity contribution < 1.29 is 4.79 Å². The van der Waals surface area contributed by atoms with Gasteiger partial charge in [0.1, 0.15) is 11.5 Å². The minimum absolute atomic E-state index is 0.239. The maximum Gasteiger partial charge on any atom is 0.273 e. The van der Waals surface area contributed by atoms with Gasteiger partial charge in [-0.3, -0.25) is 4.79 Å². The molecule has 43 heavy (non-hydrogen) atoms. The largest absolute Gasteiger partial charge is 0.350 e. The van der Waals surface area contributed by atoms with E-state index in [9.17, 15) is 4.79 Å². The highest BCUT2D eigenvalue weighted by atomic mass is 35.5. The summed E-state index contributed by atoms with van der Waals surface area (Å²) < 4.78 is 3.82. The lowest BCUT2D eigenvalue weighted by molar-refractivity contribution is 0.102. The molecular formula is C34H22Cl2N6O. The van der Waals surface area contributed by atoms with Crippen LogP contribution in [0.15, 0.2) is 116 Å². The summed E-state index contributed by atoms with van der Waals surface area (Å²) in [6, 6.07) is 32.8. The van der Waals surface area contributed by atoms with Crippen LogP contribution in [0.25, 0.3) is 39.1 Å². The van der Waals surface area contributed by atoms with Crippen molar-refractivity contribution in [2.75, 3.05) is 5.32 Å². The fourth-order valence-electron chi connectivity index (χ4n) is 6.05. The first-order chi connectivity index (χ1) is 21.1. The number of hydrogen-bond acceptors (Lipinski definition) is 3. The van der Waals surface area contributed by atoms with E-state index in [2.05, 4.69) is 20.0 Å². The number of imidazole rings is 1. The molecule has 4 heterocycles. The van der Waals surface area contributed by atoms with Gasteiger partial charge >= 0.3 is 0 Å². The van der Waals surface area contributed by atoms with Gasteiger partial charge in [-0.15, -0.1) is 0 Å². The summed E-state index contributed by atoms with van der Waals surface area (Å²) in [5, 5.41) is 9.67. The fraction of sp³-hybridized carbons (Fsp3) is 0.0294. The standard InChI is InChI=1S/C34H22Cl2N6O/c35-22-13-11-21(12-14-22)32-25-17-23(36)18-26-28(25)29(33-30(37-19-41(32)33)20-7-3-1-4-8-20)31(39-26)34(43)40-27-15-16-38-42(27)24-9-5-2-6-10-24/h1-19,32,39H,(H,40,43). The van der Waals surface area contributed by atoms with Crippen molar-refractivity contribution in [1.29, 1.82) is 0 Å². The number of fused-ring (bicyclic) bond motifs is 2. The molecule has 1 atom stereocenters. The summed E-state index contributed by atoms with van der Waals surface area (Å²) in [5.41, 5.74) is 7.35. The summed E-state index contributed by atoms with van der Waals surface area (Å²) in [5.74, 6) is 0.245. The average molecular weight is 601 g/mol. The lowest BCUT2D eigenvalue weighted by atomic mass is 9.88.